The van der Waals surface area contributed by atoms with Crippen LogP contribution in [0.1, 0.15) is 56.9 Å². The van der Waals surface area contributed by atoms with E-state index in [9.17, 15) is 0 Å². The predicted molar refractivity (Wildman–Crippen MR) is 80.4 cm³/mol. The third-order valence-electron chi connectivity index (χ3n) is 4.08. The SMILES string of the molecule is C#CC1CCC(c2ccc(OCCCC)cc2)CC1. The van der Waals surface area contributed by atoms with Crippen molar-refractivity contribution in [3.8, 4) is 18.1 Å². The van der Waals surface area contributed by atoms with Crippen LogP contribution in [0.5, 0.6) is 5.75 Å². The lowest BCUT2D eigenvalue weighted by Gasteiger charge is -2.26. The molecule has 0 atom stereocenters. The molecular weight excluding hydrogens is 232 g/mol. The van der Waals surface area contributed by atoms with Crippen molar-refractivity contribution in [3.05, 3.63) is 29.8 Å². The smallest absolute Gasteiger partial charge is 0.119 e. The van der Waals surface area contributed by atoms with Crippen LogP contribution in [0.3, 0.4) is 0 Å². The van der Waals surface area contributed by atoms with Crippen LogP contribution >= 0.6 is 0 Å². The van der Waals surface area contributed by atoms with Crippen molar-refractivity contribution in [2.45, 2.75) is 51.4 Å². The molecule has 0 N–H and O–H groups in total. The second-order valence-electron chi connectivity index (χ2n) is 5.49. The van der Waals surface area contributed by atoms with E-state index in [0.29, 0.717) is 11.8 Å². The van der Waals surface area contributed by atoms with Gasteiger partial charge in [-0.15, -0.1) is 12.3 Å². The van der Waals surface area contributed by atoms with E-state index < -0.39 is 0 Å². The third-order valence-corrected chi connectivity index (χ3v) is 4.08. The molecular formula is C18H24O. The van der Waals surface area contributed by atoms with Crippen LogP contribution in [-0.2, 0) is 0 Å². The zero-order chi connectivity index (χ0) is 13.5. The van der Waals surface area contributed by atoms with Gasteiger partial charge in [0.15, 0.2) is 0 Å². The number of benzene rings is 1. The number of unbranched alkanes of at least 4 members (excludes halogenated alkanes) is 1. The minimum absolute atomic E-state index is 0.507. The molecule has 102 valence electrons. The Morgan fingerprint density at radius 3 is 2.42 bits per heavy atom. The summed E-state index contributed by atoms with van der Waals surface area (Å²) >= 11 is 0. The van der Waals surface area contributed by atoms with Gasteiger partial charge in [-0.3, -0.25) is 0 Å². The van der Waals surface area contributed by atoms with E-state index in [1.54, 1.807) is 0 Å². The molecule has 0 heterocycles. The zero-order valence-electron chi connectivity index (χ0n) is 11.9. The molecule has 0 saturated heterocycles. The largest absolute Gasteiger partial charge is 0.494 e. The molecule has 1 aromatic rings. The Balaban J connectivity index is 1.86. The fraction of sp³-hybridized carbons (Fsp3) is 0.556. The normalized spacial score (nSPS) is 22.7. The minimum atomic E-state index is 0.507. The second-order valence-corrected chi connectivity index (χ2v) is 5.49. The number of terminal acetylenes is 1. The molecule has 0 bridgehead atoms. The first kappa shape index (κ1) is 14.0. The Labute approximate surface area is 117 Å². The lowest BCUT2D eigenvalue weighted by Crippen LogP contribution is -2.11. The molecule has 0 aliphatic heterocycles. The summed E-state index contributed by atoms with van der Waals surface area (Å²) in [5.74, 6) is 5.09. The van der Waals surface area contributed by atoms with Crippen LogP contribution in [0, 0.1) is 18.3 Å². The Hall–Kier alpha value is -1.42. The monoisotopic (exact) mass is 256 g/mol. The van der Waals surface area contributed by atoms with Gasteiger partial charge >= 0.3 is 0 Å². The molecule has 1 aliphatic rings. The molecule has 0 unspecified atom stereocenters. The van der Waals surface area contributed by atoms with E-state index in [-0.39, 0.29) is 0 Å². The van der Waals surface area contributed by atoms with Gasteiger partial charge in [0, 0.05) is 5.92 Å². The molecule has 19 heavy (non-hydrogen) atoms. The van der Waals surface area contributed by atoms with E-state index in [1.807, 2.05) is 0 Å². The number of ether oxygens (including phenoxy) is 1. The summed E-state index contributed by atoms with van der Waals surface area (Å²) in [7, 11) is 0. The van der Waals surface area contributed by atoms with Gasteiger partial charge in [0.2, 0.25) is 0 Å². The van der Waals surface area contributed by atoms with Gasteiger partial charge in [-0.2, -0.15) is 0 Å². The van der Waals surface area contributed by atoms with Gasteiger partial charge in [0.1, 0.15) is 5.75 Å². The molecule has 1 aliphatic carbocycles. The van der Waals surface area contributed by atoms with Crippen LogP contribution in [0.2, 0.25) is 0 Å². The van der Waals surface area contributed by atoms with E-state index in [4.69, 9.17) is 11.2 Å². The fourth-order valence-electron chi connectivity index (χ4n) is 2.76. The molecule has 1 fully saturated rings. The van der Waals surface area contributed by atoms with E-state index >= 15 is 0 Å². The number of hydrogen-bond acceptors (Lipinski definition) is 1. The van der Waals surface area contributed by atoms with Crippen molar-refractivity contribution in [2.24, 2.45) is 5.92 Å². The highest BCUT2D eigenvalue weighted by molar-refractivity contribution is 5.29. The molecule has 1 saturated carbocycles. The summed E-state index contributed by atoms with van der Waals surface area (Å²) in [6.45, 7) is 3.00. The molecule has 2 rings (SSSR count). The van der Waals surface area contributed by atoms with E-state index in [2.05, 4.69) is 37.1 Å². The summed E-state index contributed by atoms with van der Waals surface area (Å²) in [4.78, 5) is 0. The van der Waals surface area contributed by atoms with Crippen LogP contribution in [0.15, 0.2) is 24.3 Å². The molecule has 0 aromatic heterocycles. The quantitative estimate of drug-likeness (QED) is 0.544. The molecule has 1 aromatic carbocycles. The first-order valence-corrected chi connectivity index (χ1v) is 7.52. The third kappa shape index (κ3) is 4.03. The van der Waals surface area contributed by atoms with Gasteiger partial charge < -0.3 is 4.74 Å². The molecule has 0 radical (unpaired) electrons. The molecule has 0 spiro atoms. The highest BCUT2D eigenvalue weighted by Gasteiger charge is 2.20. The highest BCUT2D eigenvalue weighted by atomic mass is 16.5. The summed E-state index contributed by atoms with van der Waals surface area (Å²) in [6, 6.07) is 8.67. The molecule has 1 nitrogen and oxygen atoms in total. The van der Waals surface area contributed by atoms with Gasteiger partial charge in [0.05, 0.1) is 6.61 Å². The minimum Gasteiger partial charge on any atom is -0.494 e. The van der Waals surface area contributed by atoms with Crippen molar-refractivity contribution in [1.82, 2.24) is 0 Å². The van der Waals surface area contributed by atoms with E-state index in [1.165, 1.54) is 37.7 Å². The standard InChI is InChI=1S/C18H24O/c1-3-5-14-19-18-12-10-17(11-13-18)16-8-6-15(4-2)7-9-16/h2,10-13,15-16H,3,5-9,14H2,1H3. The lowest BCUT2D eigenvalue weighted by molar-refractivity contribution is 0.309. The van der Waals surface area contributed by atoms with Crippen molar-refractivity contribution in [3.63, 3.8) is 0 Å². The Kier molecular flexibility index (Phi) is 5.33. The zero-order valence-corrected chi connectivity index (χ0v) is 11.9. The summed E-state index contributed by atoms with van der Waals surface area (Å²) in [5.41, 5.74) is 1.44. The number of hydrogen-bond donors (Lipinski definition) is 0. The van der Waals surface area contributed by atoms with Crippen LogP contribution < -0.4 is 4.74 Å². The topological polar surface area (TPSA) is 9.23 Å². The van der Waals surface area contributed by atoms with Crippen molar-refractivity contribution in [2.75, 3.05) is 6.61 Å². The van der Waals surface area contributed by atoms with Gasteiger partial charge in [0.25, 0.3) is 0 Å². The maximum absolute atomic E-state index is 5.70. The second kappa shape index (κ2) is 7.24. The summed E-state index contributed by atoms with van der Waals surface area (Å²) < 4.78 is 5.70. The number of rotatable bonds is 5. The Morgan fingerprint density at radius 1 is 1.16 bits per heavy atom. The maximum Gasteiger partial charge on any atom is 0.119 e. The van der Waals surface area contributed by atoms with Gasteiger partial charge in [-0.25, -0.2) is 0 Å². The first-order chi connectivity index (χ1) is 9.33. The van der Waals surface area contributed by atoms with Crippen molar-refractivity contribution >= 4 is 0 Å². The molecule has 1 heteroatoms. The van der Waals surface area contributed by atoms with Crippen LogP contribution in [-0.4, -0.2) is 6.61 Å². The summed E-state index contributed by atoms with van der Waals surface area (Å²) in [6.07, 6.45) is 12.6. The Bertz CT molecular complexity index is 404. The average Bonchev–Trinajstić information content (AvgIpc) is 2.48. The average molecular weight is 256 g/mol. The van der Waals surface area contributed by atoms with Crippen molar-refractivity contribution in [1.29, 1.82) is 0 Å². The Morgan fingerprint density at radius 2 is 1.84 bits per heavy atom. The van der Waals surface area contributed by atoms with Crippen LogP contribution in [0.4, 0.5) is 0 Å². The molecule has 0 amide bonds. The van der Waals surface area contributed by atoms with Crippen LogP contribution in [0.25, 0.3) is 0 Å². The van der Waals surface area contributed by atoms with Crippen molar-refractivity contribution < 1.29 is 4.74 Å². The van der Waals surface area contributed by atoms with E-state index in [0.717, 1.165) is 18.8 Å². The first-order valence-electron chi connectivity index (χ1n) is 7.52. The van der Waals surface area contributed by atoms with Gasteiger partial charge in [-0.05, 0) is 55.7 Å². The predicted octanol–water partition coefficient (Wildman–Crippen LogP) is 4.77. The lowest BCUT2D eigenvalue weighted by atomic mass is 9.79. The summed E-state index contributed by atoms with van der Waals surface area (Å²) in [5, 5.41) is 0. The highest BCUT2D eigenvalue weighted by Crippen LogP contribution is 2.35. The van der Waals surface area contributed by atoms with Gasteiger partial charge in [-0.1, -0.05) is 25.5 Å². The fourth-order valence-corrected chi connectivity index (χ4v) is 2.76. The maximum atomic E-state index is 5.70.